The third kappa shape index (κ3) is 2.49. The lowest BCUT2D eigenvalue weighted by atomic mass is 9.64. The van der Waals surface area contributed by atoms with Crippen molar-refractivity contribution in [3.8, 4) is 0 Å². The Morgan fingerprint density at radius 3 is 2.73 bits per heavy atom. The van der Waals surface area contributed by atoms with Gasteiger partial charge in [0.25, 0.3) is 0 Å². The molecule has 0 heterocycles. The van der Waals surface area contributed by atoms with E-state index in [0.29, 0.717) is 5.92 Å². The van der Waals surface area contributed by atoms with Crippen molar-refractivity contribution in [3.63, 3.8) is 0 Å². The van der Waals surface area contributed by atoms with Crippen molar-refractivity contribution in [1.29, 1.82) is 5.41 Å². The van der Waals surface area contributed by atoms with Crippen LogP contribution in [0.2, 0.25) is 0 Å². The predicted octanol–water partition coefficient (Wildman–Crippen LogP) is 5.71. The normalized spacial score (nSPS) is 49.0. The number of allylic oxidation sites excluding steroid dienone is 2. The van der Waals surface area contributed by atoms with Gasteiger partial charge in [-0.15, -0.1) is 0 Å². The molecule has 0 aliphatic heterocycles. The zero-order chi connectivity index (χ0) is 15.4. The third-order valence-electron chi connectivity index (χ3n) is 7.57. The van der Waals surface area contributed by atoms with E-state index in [2.05, 4.69) is 19.9 Å². The van der Waals surface area contributed by atoms with Gasteiger partial charge in [0, 0.05) is 11.6 Å². The highest BCUT2D eigenvalue weighted by Gasteiger charge is 2.57. The van der Waals surface area contributed by atoms with Crippen LogP contribution >= 0.6 is 0 Å². The largest absolute Gasteiger partial charge is 0.310 e. The maximum atomic E-state index is 8.15. The quantitative estimate of drug-likeness (QED) is 0.508. The van der Waals surface area contributed by atoms with E-state index in [1.165, 1.54) is 44.9 Å². The minimum atomic E-state index is 0.594. The Hall–Kier alpha value is -0.590. The molecular weight excluding hydrogens is 266 g/mol. The summed E-state index contributed by atoms with van der Waals surface area (Å²) in [6, 6.07) is 0. The van der Waals surface area contributed by atoms with Crippen LogP contribution in [0, 0.1) is 52.8 Å². The Kier molecular flexibility index (Phi) is 3.74. The lowest BCUT2D eigenvalue weighted by Crippen LogP contribution is -2.32. The SMILES string of the molecule is CCCCC1CC2CC(C2)C(C)C2C(C=C3CC31)C2C(C)=N. The standard InChI is InChI=1S/C21H33N/c1-4-5-6-15-7-14-8-16(9-14)12(2)20-19(21(20)13(3)22)11-17-10-18(15)17/h11-12,14-16,18-22H,4-10H2,1-3H3. The van der Waals surface area contributed by atoms with Gasteiger partial charge in [0.05, 0.1) is 0 Å². The van der Waals surface area contributed by atoms with Crippen molar-refractivity contribution in [1.82, 2.24) is 0 Å². The van der Waals surface area contributed by atoms with Crippen molar-refractivity contribution >= 4 is 5.71 Å². The van der Waals surface area contributed by atoms with E-state index in [1.807, 2.05) is 6.92 Å². The minimum Gasteiger partial charge on any atom is -0.310 e. The van der Waals surface area contributed by atoms with Crippen LogP contribution in [0.5, 0.6) is 0 Å². The van der Waals surface area contributed by atoms with Crippen LogP contribution in [0.15, 0.2) is 11.6 Å². The molecule has 5 aliphatic carbocycles. The third-order valence-corrected chi connectivity index (χ3v) is 7.57. The summed E-state index contributed by atoms with van der Waals surface area (Å²) in [5.74, 6) is 6.92. The van der Waals surface area contributed by atoms with Gasteiger partial charge in [-0.25, -0.2) is 0 Å². The smallest absolute Gasteiger partial charge is 0.00981 e. The number of fused-ring (bicyclic) bond motifs is 1. The molecule has 5 rings (SSSR count). The zero-order valence-corrected chi connectivity index (χ0v) is 14.6. The molecule has 0 saturated heterocycles. The highest BCUT2D eigenvalue weighted by atomic mass is 14.6. The fourth-order valence-corrected chi connectivity index (χ4v) is 6.03. The molecule has 0 amide bonds. The summed E-state index contributed by atoms with van der Waals surface area (Å²) < 4.78 is 0. The van der Waals surface area contributed by atoms with E-state index in [4.69, 9.17) is 5.41 Å². The van der Waals surface area contributed by atoms with Crippen LogP contribution in [-0.4, -0.2) is 5.71 Å². The number of nitrogens with one attached hydrogen (secondary N) is 1. The number of hydrogen-bond donors (Lipinski definition) is 1. The Labute approximate surface area is 136 Å². The molecule has 2 bridgehead atoms. The molecule has 1 nitrogen and oxygen atoms in total. The Morgan fingerprint density at radius 2 is 2.05 bits per heavy atom. The lowest BCUT2D eigenvalue weighted by molar-refractivity contribution is 0.0921. The molecule has 1 heteroatoms. The van der Waals surface area contributed by atoms with Crippen molar-refractivity contribution in [3.05, 3.63) is 11.6 Å². The van der Waals surface area contributed by atoms with Gasteiger partial charge in [-0.2, -0.15) is 0 Å². The molecule has 6 unspecified atom stereocenters. The van der Waals surface area contributed by atoms with Gasteiger partial charge < -0.3 is 5.41 Å². The van der Waals surface area contributed by atoms with Gasteiger partial charge in [0.1, 0.15) is 0 Å². The summed E-state index contributed by atoms with van der Waals surface area (Å²) >= 11 is 0. The van der Waals surface area contributed by atoms with Gasteiger partial charge in [-0.3, -0.25) is 0 Å². The van der Waals surface area contributed by atoms with Crippen LogP contribution in [0.1, 0.15) is 65.7 Å². The molecule has 0 aromatic carbocycles. The van der Waals surface area contributed by atoms with Gasteiger partial charge in [0.15, 0.2) is 0 Å². The molecule has 6 atom stereocenters. The summed E-state index contributed by atoms with van der Waals surface area (Å²) in [5.41, 5.74) is 2.73. The minimum absolute atomic E-state index is 0.594. The molecule has 1 N–H and O–H groups in total. The fraction of sp³-hybridized carbons (Fsp3) is 0.857. The molecule has 122 valence electrons. The molecule has 0 aromatic heterocycles. The van der Waals surface area contributed by atoms with Crippen LogP contribution in [0.4, 0.5) is 0 Å². The maximum absolute atomic E-state index is 8.15. The maximum Gasteiger partial charge on any atom is 0.00981 e. The molecule has 22 heavy (non-hydrogen) atoms. The molecule has 5 aliphatic rings. The second-order valence-electron chi connectivity index (χ2n) is 9.01. The van der Waals surface area contributed by atoms with Gasteiger partial charge >= 0.3 is 0 Å². The molecule has 3 saturated carbocycles. The molecule has 0 aromatic rings. The zero-order valence-electron chi connectivity index (χ0n) is 14.6. The lowest BCUT2D eigenvalue weighted by Gasteiger charge is -2.41. The summed E-state index contributed by atoms with van der Waals surface area (Å²) in [6.07, 6.45) is 12.8. The van der Waals surface area contributed by atoms with E-state index in [1.54, 1.807) is 5.57 Å². The van der Waals surface area contributed by atoms with E-state index in [9.17, 15) is 0 Å². The highest BCUT2D eigenvalue weighted by Crippen LogP contribution is 2.62. The first-order chi connectivity index (χ1) is 10.6. The van der Waals surface area contributed by atoms with Crippen LogP contribution in [0.3, 0.4) is 0 Å². The highest BCUT2D eigenvalue weighted by molar-refractivity contribution is 5.85. The van der Waals surface area contributed by atoms with Crippen LogP contribution in [-0.2, 0) is 0 Å². The molecule has 3 fully saturated rings. The van der Waals surface area contributed by atoms with Crippen molar-refractivity contribution in [2.24, 2.45) is 47.3 Å². The summed E-state index contributed by atoms with van der Waals surface area (Å²) in [7, 11) is 0. The van der Waals surface area contributed by atoms with Gasteiger partial charge in [-0.1, -0.05) is 38.3 Å². The Balaban J connectivity index is 1.54. The molecule has 0 spiro atoms. The van der Waals surface area contributed by atoms with E-state index < -0.39 is 0 Å². The Morgan fingerprint density at radius 1 is 1.27 bits per heavy atom. The van der Waals surface area contributed by atoms with Crippen molar-refractivity contribution in [2.45, 2.75) is 65.7 Å². The van der Waals surface area contributed by atoms with Crippen molar-refractivity contribution in [2.75, 3.05) is 0 Å². The summed E-state index contributed by atoms with van der Waals surface area (Å²) in [4.78, 5) is 0. The van der Waals surface area contributed by atoms with Crippen LogP contribution < -0.4 is 0 Å². The first-order valence-corrected chi connectivity index (χ1v) is 9.85. The van der Waals surface area contributed by atoms with E-state index in [-0.39, 0.29) is 0 Å². The van der Waals surface area contributed by atoms with Gasteiger partial charge in [0.2, 0.25) is 0 Å². The monoisotopic (exact) mass is 299 g/mol. The summed E-state index contributed by atoms with van der Waals surface area (Å²) in [6.45, 7) is 6.88. The van der Waals surface area contributed by atoms with E-state index in [0.717, 1.165) is 47.1 Å². The fourth-order valence-electron chi connectivity index (χ4n) is 6.03. The average molecular weight is 300 g/mol. The Bertz CT molecular complexity index is 484. The van der Waals surface area contributed by atoms with Crippen LogP contribution in [0.25, 0.3) is 0 Å². The predicted molar refractivity (Wildman–Crippen MR) is 93.1 cm³/mol. The van der Waals surface area contributed by atoms with Crippen molar-refractivity contribution < 1.29 is 0 Å². The number of unbranched alkanes of at least 4 members (excludes halogenated alkanes) is 1. The number of hydrogen-bond acceptors (Lipinski definition) is 1. The van der Waals surface area contributed by atoms with Gasteiger partial charge in [-0.05, 0) is 80.5 Å². The first kappa shape index (κ1) is 15.0. The second-order valence-corrected chi connectivity index (χ2v) is 9.01. The molecule has 0 radical (unpaired) electrons. The molecular formula is C21H33N. The number of rotatable bonds is 4. The topological polar surface area (TPSA) is 23.9 Å². The summed E-state index contributed by atoms with van der Waals surface area (Å²) in [5, 5.41) is 8.15. The second kappa shape index (κ2) is 5.49. The average Bonchev–Trinajstić information content (AvgIpc) is 3.31. The van der Waals surface area contributed by atoms with E-state index >= 15 is 0 Å². The first-order valence-electron chi connectivity index (χ1n) is 9.85.